The van der Waals surface area contributed by atoms with E-state index in [1.807, 2.05) is 7.05 Å². The number of carbonyl (C=O) groups excluding carboxylic acids is 2. The Morgan fingerprint density at radius 1 is 1.24 bits per heavy atom. The standard InChI is InChI=1S/C18H25FN4O2/c1-21-9-7-15(8-10-21)22(2)18(25)20-14-11-17(24)23(12-14)16-5-3-13(19)4-6-16/h3-6,14-15H,7-12H2,1-2H3,(H,20,25)/t14-/m0/s1. The molecule has 0 bridgehead atoms. The SMILES string of the molecule is CN1CCC(N(C)C(=O)N[C@H]2CC(=O)N(c3ccc(F)cc3)C2)CC1. The van der Waals surface area contributed by atoms with Gasteiger partial charge in [-0.2, -0.15) is 0 Å². The van der Waals surface area contributed by atoms with Crippen molar-refractivity contribution in [2.24, 2.45) is 0 Å². The van der Waals surface area contributed by atoms with Crippen LogP contribution in [-0.2, 0) is 4.79 Å². The zero-order chi connectivity index (χ0) is 18.0. The number of rotatable bonds is 3. The summed E-state index contributed by atoms with van der Waals surface area (Å²) in [6.45, 7) is 2.39. The van der Waals surface area contributed by atoms with E-state index in [2.05, 4.69) is 17.3 Å². The molecule has 6 nitrogen and oxygen atoms in total. The minimum absolute atomic E-state index is 0.0566. The first kappa shape index (κ1) is 17.7. The summed E-state index contributed by atoms with van der Waals surface area (Å²) in [6, 6.07) is 5.73. The molecule has 0 radical (unpaired) electrons. The van der Waals surface area contributed by atoms with Gasteiger partial charge in [-0.15, -0.1) is 0 Å². The Morgan fingerprint density at radius 2 is 1.88 bits per heavy atom. The number of likely N-dealkylation sites (tertiary alicyclic amines) is 1. The molecule has 7 heteroatoms. The second-order valence-corrected chi connectivity index (χ2v) is 6.98. The van der Waals surface area contributed by atoms with Crippen LogP contribution in [0.1, 0.15) is 19.3 Å². The summed E-state index contributed by atoms with van der Waals surface area (Å²) in [7, 11) is 3.91. The van der Waals surface area contributed by atoms with Crippen LogP contribution in [0, 0.1) is 5.82 Å². The van der Waals surface area contributed by atoms with Gasteiger partial charge < -0.3 is 20.0 Å². The third-order valence-corrected chi connectivity index (χ3v) is 5.15. The molecule has 0 unspecified atom stereocenters. The van der Waals surface area contributed by atoms with Crippen LogP contribution in [0.4, 0.5) is 14.9 Å². The van der Waals surface area contributed by atoms with E-state index in [-0.39, 0.29) is 36.3 Å². The fraction of sp³-hybridized carbons (Fsp3) is 0.556. The topological polar surface area (TPSA) is 55.9 Å². The van der Waals surface area contributed by atoms with E-state index >= 15 is 0 Å². The van der Waals surface area contributed by atoms with Gasteiger partial charge in [-0.25, -0.2) is 9.18 Å². The molecule has 2 aliphatic heterocycles. The first-order chi connectivity index (χ1) is 11.9. The predicted octanol–water partition coefficient (Wildman–Crippen LogP) is 1.67. The molecular weight excluding hydrogens is 323 g/mol. The molecule has 1 aromatic carbocycles. The fourth-order valence-corrected chi connectivity index (χ4v) is 3.50. The highest BCUT2D eigenvalue weighted by Crippen LogP contribution is 2.22. The molecule has 0 aliphatic carbocycles. The Hall–Kier alpha value is -2.15. The summed E-state index contributed by atoms with van der Waals surface area (Å²) in [4.78, 5) is 30.3. The van der Waals surface area contributed by atoms with E-state index in [1.165, 1.54) is 12.1 Å². The second-order valence-electron chi connectivity index (χ2n) is 6.98. The lowest BCUT2D eigenvalue weighted by molar-refractivity contribution is -0.117. The fourth-order valence-electron chi connectivity index (χ4n) is 3.50. The van der Waals surface area contributed by atoms with Crippen LogP contribution < -0.4 is 10.2 Å². The largest absolute Gasteiger partial charge is 0.333 e. The van der Waals surface area contributed by atoms with Gasteiger partial charge in [0, 0.05) is 31.7 Å². The van der Waals surface area contributed by atoms with Crippen molar-refractivity contribution in [1.82, 2.24) is 15.1 Å². The van der Waals surface area contributed by atoms with E-state index in [4.69, 9.17) is 0 Å². The smallest absolute Gasteiger partial charge is 0.317 e. The highest BCUT2D eigenvalue weighted by molar-refractivity contribution is 5.96. The quantitative estimate of drug-likeness (QED) is 0.904. The minimum atomic E-state index is -0.333. The number of benzene rings is 1. The minimum Gasteiger partial charge on any atom is -0.333 e. The third kappa shape index (κ3) is 4.10. The monoisotopic (exact) mass is 348 g/mol. The lowest BCUT2D eigenvalue weighted by atomic mass is 10.0. The van der Waals surface area contributed by atoms with E-state index in [0.29, 0.717) is 12.2 Å². The highest BCUT2D eigenvalue weighted by Gasteiger charge is 2.33. The molecule has 0 spiro atoms. The maximum atomic E-state index is 13.0. The summed E-state index contributed by atoms with van der Waals surface area (Å²) < 4.78 is 13.0. The summed E-state index contributed by atoms with van der Waals surface area (Å²) >= 11 is 0. The van der Waals surface area contributed by atoms with Gasteiger partial charge in [0.15, 0.2) is 0 Å². The molecule has 2 heterocycles. The average Bonchev–Trinajstić information content (AvgIpc) is 2.96. The molecule has 3 amide bonds. The number of amides is 3. The Balaban J connectivity index is 1.55. The molecule has 1 atom stereocenters. The number of hydrogen-bond donors (Lipinski definition) is 1. The maximum absolute atomic E-state index is 13.0. The number of halogens is 1. The Morgan fingerprint density at radius 3 is 2.52 bits per heavy atom. The first-order valence-corrected chi connectivity index (χ1v) is 8.72. The van der Waals surface area contributed by atoms with E-state index in [9.17, 15) is 14.0 Å². The van der Waals surface area contributed by atoms with Gasteiger partial charge in [0.25, 0.3) is 0 Å². The Labute approximate surface area is 147 Å². The van der Waals surface area contributed by atoms with Crippen LogP contribution in [0.2, 0.25) is 0 Å². The van der Waals surface area contributed by atoms with Gasteiger partial charge in [0.05, 0.1) is 6.04 Å². The molecule has 2 saturated heterocycles. The zero-order valence-corrected chi connectivity index (χ0v) is 14.7. The summed E-state index contributed by atoms with van der Waals surface area (Å²) in [6.07, 6.45) is 2.20. The molecular formula is C18H25FN4O2. The van der Waals surface area contributed by atoms with Crippen LogP contribution in [-0.4, -0.2) is 67.6 Å². The van der Waals surface area contributed by atoms with Crippen molar-refractivity contribution in [3.8, 4) is 0 Å². The number of carbonyl (C=O) groups is 2. The summed E-state index contributed by atoms with van der Waals surface area (Å²) in [5, 5.41) is 2.97. The van der Waals surface area contributed by atoms with Crippen molar-refractivity contribution in [1.29, 1.82) is 0 Å². The van der Waals surface area contributed by atoms with Gasteiger partial charge in [0.1, 0.15) is 5.82 Å². The van der Waals surface area contributed by atoms with Crippen molar-refractivity contribution < 1.29 is 14.0 Å². The van der Waals surface area contributed by atoms with Gasteiger partial charge in [-0.1, -0.05) is 0 Å². The molecule has 0 saturated carbocycles. The second kappa shape index (κ2) is 7.39. The molecule has 136 valence electrons. The average molecular weight is 348 g/mol. The molecule has 2 fully saturated rings. The van der Waals surface area contributed by atoms with Crippen molar-refractivity contribution in [2.75, 3.05) is 38.6 Å². The van der Waals surface area contributed by atoms with Crippen LogP contribution in [0.3, 0.4) is 0 Å². The number of nitrogens with one attached hydrogen (secondary N) is 1. The Bertz CT molecular complexity index is 628. The molecule has 0 aromatic heterocycles. The number of urea groups is 1. The van der Waals surface area contributed by atoms with Crippen LogP contribution in [0.15, 0.2) is 24.3 Å². The highest BCUT2D eigenvalue weighted by atomic mass is 19.1. The zero-order valence-electron chi connectivity index (χ0n) is 14.7. The molecule has 1 aromatic rings. The van der Waals surface area contributed by atoms with Crippen LogP contribution >= 0.6 is 0 Å². The maximum Gasteiger partial charge on any atom is 0.317 e. The van der Waals surface area contributed by atoms with Crippen LogP contribution in [0.5, 0.6) is 0 Å². The predicted molar refractivity (Wildman–Crippen MR) is 94.0 cm³/mol. The van der Waals surface area contributed by atoms with Gasteiger partial charge in [-0.3, -0.25) is 4.79 Å². The summed E-state index contributed by atoms with van der Waals surface area (Å²) in [5.74, 6) is -0.390. The van der Waals surface area contributed by atoms with Gasteiger partial charge in [-0.05, 0) is 57.2 Å². The number of hydrogen-bond acceptors (Lipinski definition) is 3. The third-order valence-electron chi connectivity index (χ3n) is 5.15. The molecule has 1 N–H and O–H groups in total. The number of anilines is 1. The van der Waals surface area contributed by atoms with E-state index in [1.54, 1.807) is 21.9 Å². The van der Waals surface area contributed by atoms with Crippen molar-refractivity contribution >= 4 is 17.6 Å². The number of nitrogens with zero attached hydrogens (tertiary/aromatic N) is 3. The van der Waals surface area contributed by atoms with Crippen molar-refractivity contribution in [3.05, 3.63) is 30.1 Å². The first-order valence-electron chi connectivity index (χ1n) is 8.72. The number of piperidine rings is 1. The van der Waals surface area contributed by atoms with E-state index in [0.717, 1.165) is 25.9 Å². The molecule has 3 rings (SSSR count). The molecule has 25 heavy (non-hydrogen) atoms. The summed E-state index contributed by atoms with van der Waals surface area (Å²) in [5.41, 5.74) is 0.659. The Kier molecular flexibility index (Phi) is 5.22. The van der Waals surface area contributed by atoms with Gasteiger partial charge in [0.2, 0.25) is 5.91 Å². The molecule has 2 aliphatic rings. The lowest BCUT2D eigenvalue weighted by Gasteiger charge is -2.35. The van der Waals surface area contributed by atoms with E-state index < -0.39 is 0 Å². The lowest BCUT2D eigenvalue weighted by Crippen LogP contribution is -2.50. The van der Waals surface area contributed by atoms with Gasteiger partial charge >= 0.3 is 6.03 Å². The van der Waals surface area contributed by atoms with Crippen LogP contribution in [0.25, 0.3) is 0 Å². The normalized spacial score (nSPS) is 22.3. The van der Waals surface area contributed by atoms with Crippen molar-refractivity contribution in [3.63, 3.8) is 0 Å². The van der Waals surface area contributed by atoms with Crippen molar-refractivity contribution in [2.45, 2.75) is 31.3 Å².